The molecule has 0 saturated heterocycles. The molecule has 0 aliphatic heterocycles. The molecule has 0 heterocycles. The first-order valence-corrected chi connectivity index (χ1v) is 5.64. The summed E-state index contributed by atoms with van der Waals surface area (Å²) < 4.78 is 0. The van der Waals surface area contributed by atoms with E-state index >= 15 is 0 Å². The lowest BCUT2D eigenvalue weighted by molar-refractivity contribution is 0.0573. The van der Waals surface area contributed by atoms with Crippen molar-refractivity contribution < 1.29 is 9.90 Å². The van der Waals surface area contributed by atoms with Gasteiger partial charge in [0.25, 0.3) is 0 Å². The molecule has 0 N–H and O–H groups in total. The summed E-state index contributed by atoms with van der Waals surface area (Å²) >= 11 is 0. The molecule has 0 aromatic heterocycles. The van der Waals surface area contributed by atoms with Crippen LogP contribution in [0.5, 0.6) is 0 Å². The van der Waals surface area contributed by atoms with Crippen LogP contribution in [0.4, 0.5) is 0 Å². The molecular formula is C13H20NO2. The van der Waals surface area contributed by atoms with E-state index in [2.05, 4.69) is 25.7 Å². The maximum Gasteiger partial charge on any atom is 0.386 e. The summed E-state index contributed by atoms with van der Waals surface area (Å²) in [7, 11) is 0. The van der Waals surface area contributed by atoms with E-state index in [9.17, 15) is 9.90 Å². The molecule has 0 aliphatic rings. The third-order valence-electron chi connectivity index (χ3n) is 2.35. The van der Waals surface area contributed by atoms with Crippen LogP contribution in [0.15, 0.2) is 30.3 Å². The zero-order valence-electron chi connectivity index (χ0n) is 10.3. The van der Waals surface area contributed by atoms with Gasteiger partial charge in [0.15, 0.2) is 0 Å². The molecule has 1 rings (SSSR count). The molecule has 1 radical (unpaired) electrons. The van der Waals surface area contributed by atoms with Crippen molar-refractivity contribution in [3.8, 4) is 0 Å². The lowest BCUT2D eigenvalue weighted by Gasteiger charge is -2.13. The minimum Gasteiger partial charge on any atom is -0.304 e. The molecule has 3 nitrogen and oxygen atoms in total. The lowest BCUT2D eigenvalue weighted by atomic mass is 10.2. The Bertz CT molecular complexity index is 276. The van der Waals surface area contributed by atoms with Gasteiger partial charge in [-0.25, -0.2) is 9.90 Å². The van der Waals surface area contributed by atoms with Crippen molar-refractivity contribution in [3.63, 3.8) is 0 Å². The molecule has 0 spiro atoms. The summed E-state index contributed by atoms with van der Waals surface area (Å²) in [6.07, 6.45) is 0. The van der Waals surface area contributed by atoms with Gasteiger partial charge in [-0.3, -0.25) is 0 Å². The quantitative estimate of drug-likeness (QED) is 0.785. The van der Waals surface area contributed by atoms with E-state index in [1.165, 1.54) is 31.8 Å². The molecule has 89 valence electrons. The molecule has 3 heteroatoms. The maximum absolute atomic E-state index is 10.1. The molecule has 1 aromatic rings. The van der Waals surface area contributed by atoms with Crippen LogP contribution in [-0.2, 0) is 5.11 Å². The van der Waals surface area contributed by atoms with E-state index in [0.717, 1.165) is 0 Å². The van der Waals surface area contributed by atoms with Gasteiger partial charge < -0.3 is 4.90 Å². The van der Waals surface area contributed by atoms with E-state index in [4.69, 9.17) is 0 Å². The minimum atomic E-state index is -1.13. The number of carbonyl (C=O) groups is 1. The number of rotatable bonds is 4. The van der Waals surface area contributed by atoms with Gasteiger partial charge in [-0.15, -0.1) is 0 Å². The van der Waals surface area contributed by atoms with Gasteiger partial charge in [0.05, 0.1) is 5.56 Å². The minimum absolute atomic E-state index is 0.220. The predicted octanol–water partition coefficient (Wildman–Crippen LogP) is 2.61. The number of hydrogen-bond acceptors (Lipinski definition) is 2. The first kappa shape index (κ1) is 14.6. The first-order valence-electron chi connectivity index (χ1n) is 5.64. The van der Waals surface area contributed by atoms with Crippen LogP contribution in [-0.4, -0.2) is 30.5 Å². The van der Waals surface area contributed by atoms with E-state index in [1.54, 1.807) is 18.2 Å². The summed E-state index contributed by atoms with van der Waals surface area (Å²) in [5.74, 6) is -1.13. The topological polar surface area (TPSA) is 40.2 Å². The molecule has 0 bridgehead atoms. The second-order valence-corrected chi connectivity index (χ2v) is 3.27. The molecule has 0 amide bonds. The summed E-state index contributed by atoms with van der Waals surface area (Å²) in [5.41, 5.74) is 0.220. The van der Waals surface area contributed by atoms with Crippen molar-refractivity contribution in [2.45, 2.75) is 20.8 Å². The van der Waals surface area contributed by atoms with Crippen molar-refractivity contribution in [3.05, 3.63) is 35.9 Å². The van der Waals surface area contributed by atoms with Crippen molar-refractivity contribution in [2.75, 3.05) is 19.6 Å². The second kappa shape index (κ2) is 8.92. The zero-order valence-corrected chi connectivity index (χ0v) is 10.3. The van der Waals surface area contributed by atoms with Crippen LogP contribution >= 0.6 is 0 Å². The highest BCUT2D eigenvalue weighted by Crippen LogP contribution is 1.96. The van der Waals surface area contributed by atoms with E-state index in [1.807, 2.05) is 0 Å². The Morgan fingerprint density at radius 1 is 1.00 bits per heavy atom. The highest BCUT2D eigenvalue weighted by atomic mass is 16.4. The summed E-state index contributed by atoms with van der Waals surface area (Å²) in [5, 5.41) is 10.1. The van der Waals surface area contributed by atoms with Crippen LogP contribution in [0.1, 0.15) is 31.1 Å². The molecule has 0 aliphatic carbocycles. The van der Waals surface area contributed by atoms with Gasteiger partial charge in [0.2, 0.25) is 0 Å². The molecule has 0 unspecified atom stereocenters. The Kier molecular flexibility index (Phi) is 8.17. The Morgan fingerprint density at radius 2 is 1.44 bits per heavy atom. The predicted molar refractivity (Wildman–Crippen MR) is 64.9 cm³/mol. The average molecular weight is 222 g/mol. The molecule has 16 heavy (non-hydrogen) atoms. The van der Waals surface area contributed by atoms with Gasteiger partial charge in [0.1, 0.15) is 0 Å². The largest absolute Gasteiger partial charge is 0.386 e. The van der Waals surface area contributed by atoms with Gasteiger partial charge in [-0.1, -0.05) is 39.0 Å². The van der Waals surface area contributed by atoms with Crippen molar-refractivity contribution in [1.82, 2.24) is 4.90 Å². The third-order valence-corrected chi connectivity index (χ3v) is 2.35. The third kappa shape index (κ3) is 6.19. The molecule has 1 aromatic carbocycles. The summed E-state index contributed by atoms with van der Waals surface area (Å²) in [6, 6.07) is 8.06. The van der Waals surface area contributed by atoms with Gasteiger partial charge in [0, 0.05) is 0 Å². The fraction of sp³-hybridized carbons (Fsp3) is 0.462. The molecule has 0 saturated carbocycles. The SMILES string of the molecule is CCN(CC)CC.[O]C(=O)c1ccccc1. The normalized spacial score (nSPS) is 9.50. The lowest BCUT2D eigenvalue weighted by Crippen LogP contribution is -2.21. The fourth-order valence-electron chi connectivity index (χ4n) is 1.25. The van der Waals surface area contributed by atoms with Crippen LogP contribution in [0.3, 0.4) is 0 Å². The smallest absolute Gasteiger partial charge is 0.304 e. The van der Waals surface area contributed by atoms with Gasteiger partial charge >= 0.3 is 5.97 Å². The number of hydrogen-bond donors (Lipinski definition) is 0. The monoisotopic (exact) mass is 222 g/mol. The van der Waals surface area contributed by atoms with Crippen molar-refractivity contribution in [1.29, 1.82) is 0 Å². The number of nitrogens with zero attached hydrogens (tertiary/aromatic N) is 1. The Labute approximate surface area is 97.7 Å². The van der Waals surface area contributed by atoms with E-state index in [0.29, 0.717) is 0 Å². The van der Waals surface area contributed by atoms with Crippen LogP contribution in [0, 0.1) is 0 Å². The average Bonchev–Trinajstić information content (AvgIpc) is 2.33. The molecule has 0 fully saturated rings. The Hall–Kier alpha value is -1.35. The van der Waals surface area contributed by atoms with E-state index in [-0.39, 0.29) is 5.56 Å². The van der Waals surface area contributed by atoms with Crippen LogP contribution in [0.25, 0.3) is 0 Å². The van der Waals surface area contributed by atoms with Gasteiger partial charge in [-0.2, -0.15) is 0 Å². The maximum atomic E-state index is 10.1. The first-order chi connectivity index (χ1) is 7.65. The summed E-state index contributed by atoms with van der Waals surface area (Å²) in [4.78, 5) is 12.5. The van der Waals surface area contributed by atoms with Crippen molar-refractivity contribution >= 4 is 5.97 Å². The molecular weight excluding hydrogens is 202 g/mol. The Morgan fingerprint density at radius 3 is 1.62 bits per heavy atom. The standard InChI is InChI=1S/C7H5O2.C6H15N/c8-7(9)6-4-2-1-3-5-6;1-4-7(5-2)6-3/h1-5H;4-6H2,1-3H3. The summed E-state index contributed by atoms with van der Waals surface area (Å²) in [6.45, 7) is 10.1. The Balaban J connectivity index is 0.000000293. The highest BCUT2D eigenvalue weighted by molar-refractivity contribution is 5.86. The number of carbonyl (C=O) groups excluding carboxylic acids is 1. The highest BCUT2D eigenvalue weighted by Gasteiger charge is 1.99. The molecule has 0 atom stereocenters. The fourth-order valence-corrected chi connectivity index (χ4v) is 1.25. The number of benzene rings is 1. The second-order valence-electron chi connectivity index (χ2n) is 3.27. The van der Waals surface area contributed by atoms with E-state index < -0.39 is 5.97 Å². The van der Waals surface area contributed by atoms with Gasteiger partial charge in [-0.05, 0) is 31.8 Å². The van der Waals surface area contributed by atoms with Crippen LogP contribution < -0.4 is 0 Å². The van der Waals surface area contributed by atoms with Crippen molar-refractivity contribution in [2.24, 2.45) is 0 Å². The zero-order chi connectivity index (χ0) is 12.4. The van der Waals surface area contributed by atoms with Crippen LogP contribution in [0.2, 0.25) is 0 Å².